The molecule has 0 aliphatic rings. The number of hydrogen-bond donors (Lipinski definition) is 1. The minimum atomic E-state index is -4.62. The van der Waals surface area contributed by atoms with Gasteiger partial charge in [-0.2, -0.15) is 23.4 Å². The fraction of sp³-hybridized carbons (Fsp3) is 0.333. The van der Waals surface area contributed by atoms with Gasteiger partial charge in [-0.15, -0.1) is 0 Å². The lowest BCUT2D eigenvalue weighted by Gasteiger charge is -2.14. The summed E-state index contributed by atoms with van der Waals surface area (Å²) in [5.41, 5.74) is 0.757. The maximum atomic E-state index is 12.8. The van der Waals surface area contributed by atoms with Crippen molar-refractivity contribution in [3.05, 3.63) is 47.5 Å². The van der Waals surface area contributed by atoms with Crippen molar-refractivity contribution >= 4 is 5.91 Å². The highest BCUT2D eigenvalue weighted by Crippen LogP contribution is 2.28. The first-order valence-electron chi connectivity index (χ1n) is 8.56. The maximum absolute atomic E-state index is 12.8. The van der Waals surface area contributed by atoms with E-state index in [0.717, 1.165) is 16.3 Å². The summed E-state index contributed by atoms with van der Waals surface area (Å²) in [5, 5.41) is 10.4. The van der Waals surface area contributed by atoms with Crippen LogP contribution in [0.3, 0.4) is 0 Å². The van der Waals surface area contributed by atoms with Gasteiger partial charge in [0, 0.05) is 38.0 Å². The predicted molar refractivity (Wildman–Crippen MR) is 97.1 cm³/mol. The van der Waals surface area contributed by atoms with Crippen molar-refractivity contribution in [2.24, 2.45) is 14.1 Å². The Morgan fingerprint density at radius 2 is 1.90 bits per heavy atom. The predicted octanol–water partition coefficient (Wildman–Crippen LogP) is 2.73. The van der Waals surface area contributed by atoms with E-state index in [1.807, 2.05) is 0 Å². The molecular formula is C18H19F3N6O2. The molecule has 0 saturated carbocycles. The minimum Gasteiger partial charge on any atom is -0.481 e. The standard InChI is InChI=1S/C18H19F3N6O2/c1-10(23-17(28)14-8-15(18(19,20)21)25-27(14)3)13-7-12(24-26(13)2)11-5-6-16(29-4)22-9-11/h5-10H,1-4H3,(H,23,28). The summed E-state index contributed by atoms with van der Waals surface area (Å²) < 4.78 is 45.9. The van der Waals surface area contributed by atoms with Gasteiger partial charge in [0.15, 0.2) is 5.69 Å². The van der Waals surface area contributed by atoms with Crippen LogP contribution in [0, 0.1) is 0 Å². The Kier molecular flexibility index (Phi) is 5.31. The first-order valence-corrected chi connectivity index (χ1v) is 8.56. The zero-order chi connectivity index (χ0) is 21.3. The number of aryl methyl sites for hydroxylation is 2. The van der Waals surface area contributed by atoms with E-state index < -0.39 is 23.8 Å². The number of alkyl halides is 3. The Morgan fingerprint density at radius 3 is 2.45 bits per heavy atom. The third-order valence-electron chi connectivity index (χ3n) is 4.35. The van der Waals surface area contributed by atoms with Crippen LogP contribution < -0.4 is 10.1 Å². The fourth-order valence-corrected chi connectivity index (χ4v) is 2.84. The topological polar surface area (TPSA) is 86.9 Å². The van der Waals surface area contributed by atoms with Crippen LogP contribution in [0.1, 0.15) is 34.8 Å². The highest BCUT2D eigenvalue weighted by atomic mass is 19.4. The van der Waals surface area contributed by atoms with Crippen LogP contribution in [-0.4, -0.2) is 37.6 Å². The Balaban J connectivity index is 1.79. The third kappa shape index (κ3) is 4.23. The van der Waals surface area contributed by atoms with Crippen molar-refractivity contribution in [3.8, 4) is 17.1 Å². The summed E-state index contributed by atoms with van der Waals surface area (Å²) in [6, 6.07) is 5.49. The molecule has 3 heterocycles. The van der Waals surface area contributed by atoms with Gasteiger partial charge in [-0.05, 0) is 19.1 Å². The van der Waals surface area contributed by atoms with Gasteiger partial charge in [-0.3, -0.25) is 14.2 Å². The van der Waals surface area contributed by atoms with E-state index in [1.54, 1.807) is 43.0 Å². The summed E-state index contributed by atoms with van der Waals surface area (Å²) in [6.07, 6.45) is -3.01. The van der Waals surface area contributed by atoms with Crippen molar-refractivity contribution in [3.63, 3.8) is 0 Å². The van der Waals surface area contributed by atoms with Crippen LogP contribution in [0.15, 0.2) is 30.5 Å². The van der Waals surface area contributed by atoms with Gasteiger partial charge in [0.05, 0.1) is 24.5 Å². The zero-order valence-corrected chi connectivity index (χ0v) is 16.2. The zero-order valence-electron chi connectivity index (χ0n) is 16.2. The van der Waals surface area contributed by atoms with E-state index in [-0.39, 0.29) is 5.69 Å². The molecule has 1 atom stereocenters. The lowest BCUT2D eigenvalue weighted by molar-refractivity contribution is -0.141. The second-order valence-electron chi connectivity index (χ2n) is 6.40. The Labute approximate surface area is 164 Å². The molecule has 3 aromatic rings. The largest absolute Gasteiger partial charge is 0.481 e. The summed E-state index contributed by atoms with van der Waals surface area (Å²) in [5.74, 6) is -0.197. The molecule has 3 aromatic heterocycles. The molecule has 1 N–H and O–H groups in total. The highest BCUT2D eigenvalue weighted by Gasteiger charge is 2.35. The molecule has 8 nitrogen and oxygen atoms in total. The molecule has 29 heavy (non-hydrogen) atoms. The lowest BCUT2D eigenvalue weighted by atomic mass is 10.1. The maximum Gasteiger partial charge on any atom is 0.435 e. The number of carbonyl (C=O) groups excluding carboxylic acids is 1. The molecule has 0 fully saturated rings. The first kappa shape index (κ1) is 20.4. The smallest absolute Gasteiger partial charge is 0.435 e. The average Bonchev–Trinajstić information content (AvgIpc) is 3.24. The quantitative estimate of drug-likeness (QED) is 0.702. The highest BCUT2D eigenvalue weighted by molar-refractivity contribution is 5.93. The molecular weight excluding hydrogens is 389 g/mol. The van der Waals surface area contributed by atoms with Gasteiger partial charge in [-0.1, -0.05) is 0 Å². The van der Waals surface area contributed by atoms with Crippen molar-refractivity contribution in [2.45, 2.75) is 19.1 Å². The SMILES string of the molecule is COc1ccc(-c2cc(C(C)NC(=O)c3cc(C(F)(F)F)nn3C)n(C)n2)cn1. The number of ether oxygens (including phenoxy) is 1. The minimum absolute atomic E-state index is 0.189. The van der Waals surface area contributed by atoms with E-state index in [9.17, 15) is 18.0 Å². The molecule has 0 aromatic carbocycles. The number of aromatic nitrogens is 5. The summed E-state index contributed by atoms with van der Waals surface area (Å²) in [7, 11) is 4.52. The second-order valence-corrected chi connectivity index (χ2v) is 6.40. The number of hydrogen-bond acceptors (Lipinski definition) is 5. The van der Waals surface area contributed by atoms with E-state index in [0.29, 0.717) is 17.3 Å². The average molecular weight is 408 g/mol. The number of halogens is 3. The van der Waals surface area contributed by atoms with Gasteiger partial charge < -0.3 is 10.1 Å². The lowest BCUT2D eigenvalue weighted by Crippen LogP contribution is -2.29. The van der Waals surface area contributed by atoms with Gasteiger partial charge in [0.2, 0.25) is 5.88 Å². The summed E-state index contributed by atoms with van der Waals surface area (Å²) in [4.78, 5) is 16.6. The number of amides is 1. The number of methoxy groups -OCH3 is 1. The molecule has 1 amide bonds. The molecule has 0 saturated heterocycles. The molecule has 0 radical (unpaired) electrons. The van der Waals surface area contributed by atoms with E-state index in [1.165, 1.54) is 14.2 Å². The van der Waals surface area contributed by atoms with Crippen LogP contribution in [0.25, 0.3) is 11.3 Å². The summed E-state index contributed by atoms with van der Waals surface area (Å²) >= 11 is 0. The molecule has 0 bridgehead atoms. The normalized spacial score (nSPS) is 12.7. The van der Waals surface area contributed by atoms with Crippen LogP contribution in [-0.2, 0) is 20.3 Å². The van der Waals surface area contributed by atoms with Crippen LogP contribution in [0.2, 0.25) is 0 Å². The molecule has 0 aliphatic carbocycles. The van der Waals surface area contributed by atoms with E-state index in [2.05, 4.69) is 20.5 Å². The van der Waals surface area contributed by atoms with Crippen molar-refractivity contribution in [1.29, 1.82) is 0 Å². The van der Waals surface area contributed by atoms with Crippen molar-refractivity contribution < 1.29 is 22.7 Å². The number of carbonyl (C=O) groups is 1. The van der Waals surface area contributed by atoms with Crippen LogP contribution in [0.5, 0.6) is 5.88 Å². The summed E-state index contributed by atoms with van der Waals surface area (Å²) in [6.45, 7) is 1.71. The van der Waals surface area contributed by atoms with Crippen molar-refractivity contribution in [2.75, 3.05) is 7.11 Å². The number of rotatable bonds is 5. The molecule has 11 heteroatoms. The van der Waals surface area contributed by atoms with E-state index in [4.69, 9.17) is 4.74 Å². The first-order chi connectivity index (χ1) is 13.6. The molecule has 154 valence electrons. The monoisotopic (exact) mass is 408 g/mol. The van der Waals surface area contributed by atoms with E-state index >= 15 is 0 Å². The second kappa shape index (κ2) is 7.57. The molecule has 1 unspecified atom stereocenters. The fourth-order valence-electron chi connectivity index (χ4n) is 2.84. The van der Waals surface area contributed by atoms with Gasteiger partial charge >= 0.3 is 6.18 Å². The van der Waals surface area contributed by atoms with Crippen LogP contribution in [0.4, 0.5) is 13.2 Å². The molecule has 0 spiro atoms. The van der Waals surface area contributed by atoms with Crippen molar-refractivity contribution in [1.82, 2.24) is 29.9 Å². The van der Waals surface area contributed by atoms with Crippen LogP contribution >= 0.6 is 0 Å². The number of nitrogens with zero attached hydrogens (tertiary/aromatic N) is 5. The Morgan fingerprint density at radius 1 is 1.17 bits per heavy atom. The number of nitrogens with one attached hydrogen (secondary N) is 1. The molecule has 0 aliphatic heterocycles. The number of pyridine rings is 1. The molecule has 3 rings (SSSR count). The Bertz CT molecular complexity index is 1020. The Hall–Kier alpha value is -3.37. The van der Waals surface area contributed by atoms with Gasteiger partial charge in [-0.25, -0.2) is 4.98 Å². The third-order valence-corrected chi connectivity index (χ3v) is 4.35. The van der Waals surface area contributed by atoms with Gasteiger partial charge in [0.25, 0.3) is 5.91 Å². The van der Waals surface area contributed by atoms with Gasteiger partial charge in [0.1, 0.15) is 5.69 Å².